The zero-order chi connectivity index (χ0) is 16.3. The van der Waals surface area contributed by atoms with Crippen LogP contribution in [0.4, 0.5) is 0 Å². The number of cyclic esters (lactones) is 1. The number of hydrogen-bond acceptors (Lipinski definition) is 4. The molecule has 0 radical (unpaired) electrons. The van der Waals surface area contributed by atoms with E-state index in [1.807, 2.05) is 13.0 Å². The van der Waals surface area contributed by atoms with Gasteiger partial charge >= 0.3 is 5.97 Å². The zero-order valence-corrected chi connectivity index (χ0v) is 13.5. The number of rotatable bonds is 4. The minimum Gasteiger partial charge on any atom is -0.457 e. The molecular formula is C18H24O4. The van der Waals surface area contributed by atoms with Gasteiger partial charge in [0.15, 0.2) is 5.78 Å². The lowest BCUT2D eigenvalue weighted by molar-refractivity contribution is -0.140. The summed E-state index contributed by atoms with van der Waals surface area (Å²) in [5.41, 5.74) is 1.43. The van der Waals surface area contributed by atoms with Crippen LogP contribution in [0.15, 0.2) is 35.5 Å². The molecule has 120 valence electrons. The molecule has 0 aromatic rings. The third-order valence-corrected chi connectivity index (χ3v) is 4.32. The molecule has 22 heavy (non-hydrogen) atoms. The fourth-order valence-electron chi connectivity index (χ4n) is 3.10. The molecule has 1 heterocycles. The first-order chi connectivity index (χ1) is 10.3. The van der Waals surface area contributed by atoms with Crippen LogP contribution in [0, 0.1) is 5.41 Å². The van der Waals surface area contributed by atoms with Crippen molar-refractivity contribution < 1.29 is 19.4 Å². The van der Waals surface area contributed by atoms with E-state index in [2.05, 4.69) is 19.9 Å². The van der Waals surface area contributed by atoms with Gasteiger partial charge in [-0.05, 0) is 52.2 Å². The van der Waals surface area contributed by atoms with Gasteiger partial charge in [-0.15, -0.1) is 0 Å². The van der Waals surface area contributed by atoms with E-state index >= 15 is 0 Å². The van der Waals surface area contributed by atoms with Gasteiger partial charge in [0, 0.05) is 0 Å². The summed E-state index contributed by atoms with van der Waals surface area (Å²) in [6.45, 7) is 6.10. The fourth-order valence-corrected chi connectivity index (χ4v) is 3.10. The van der Waals surface area contributed by atoms with Gasteiger partial charge in [0.1, 0.15) is 6.10 Å². The average molecular weight is 304 g/mol. The lowest BCUT2D eigenvalue weighted by Crippen LogP contribution is -2.42. The first-order valence-electron chi connectivity index (χ1n) is 7.74. The van der Waals surface area contributed by atoms with Crippen LogP contribution in [0.5, 0.6) is 0 Å². The van der Waals surface area contributed by atoms with Crippen molar-refractivity contribution in [3.63, 3.8) is 0 Å². The van der Waals surface area contributed by atoms with Gasteiger partial charge < -0.3 is 9.84 Å². The Labute approximate surface area is 131 Å². The molecule has 4 nitrogen and oxygen atoms in total. The summed E-state index contributed by atoms with van der Waals surface area (Å²) < 4.78 is 5.37. The van der Waals surface area contributed by atoms with E-state index in [4.69, 9.17) is 4.74 Å². The Morgan fingerprint density at radius 2 is 2.14 bits per heavy atom. The third-order valence-electron chi connectivity index (χ3n) is 4.32. The topological polar surface area (TPSA) is 63.6 Å². The van der Waals surface area contributed by atoms with E-state index in [1.54, 1.807) is 0 Å². The molecule has 2 aliphatic rings. The van der Waals surface area contributed by atoms with Gasteiger partial charge in [-0.1, -0.05) is 23.3 Å². The number of carbonyl (C=O) groups excluding carboxylic acids is 2. The van der Waals surface area contributed by atoms with Crippen molar-refractivity contribution in [3.8, 4) is 0 Å². The maximum Gasteiger partial charge on any atom is 0.307 e. The molecule has 1 saturated heterocycles. The molecular weight excluding hydrogens is 280 g/mol. The lowest BCUT2D eigenvalue weighted by atomic mass is 9.69. The Balaban J connectivity index is 2.17. The Bertz CT molecular complexity index is 551. The molecule has 1 spiro atoms. The monoisotopic (exact) mass is 304 g/mol. The standard InChI is InChI=1S/C18H24O4/c1-12(2)5-4-6-13(3)9-16-18(11-17(21)22-16)10-14(19)7-8-15(18)20/h5,7-9,14,16,19H,4,6,10-11H2,1-3H3/t14-,16-,18+/m1/s1. The number of ketones is 1. The number of aliphatic hydroxyl groups is 1. The van der Waals surface area contributed by atoms with E-state index in [0.717, 1.165) is 18.4 Å². The van der Waals surface area contributed by atoms with Crippen molar-refractivity contribution in [2.75, 3.05) is 0 Å². The Morgan fingerprint density at radius 3 is 2.82 bits per heavy atom. The first-order valence-corrected chi connectivity index (χ1v) is 7.74. The quantitative estimate of drug-likeness (QED) is 0.641. The molecule has 0 unspecified atom stereocenters. The van der Waals surface area contributed by atoms with E-state index in [-0.39, 0.29) is 24.6 Å². The van der Waals surface area contributed by atoms with E-state index in [9.17, 15) is 14.7 Å². The highest BCUT2D eigenvalue weighted by molar-refractivity contribution is 6.00. The zero-order valence-electron chi connectivity index (χ0n) is 13.5. The van der Waals surface area contributed by atoms with E-state index in [0.29, 0.717) is 0 Å². The molecule has 0 aromatic heterocycles. The fraction of sp³-hybridized carbons (Fsp3) is 0.556. The summed E-state index contributed by atoms with van der Waals surface area (Å²) in [5.74, 6) is -0.490. The number of hydrogen-bond donors (Lipinski definition) is 1. The molecule has 1 aliphatic heterocycles. The van der Waals surface area contributed by atoms with Gasteiger partial charge in [0.25, 0.3) is 0 Å². The molecule has 4 heteroatoms. The van der Waals surface area contributed by atoms with Crippen LogP contribution in [0.1, 0.15) is 46.5 Å². The molecule has 0 aromatic carbocycles. The van der Waals surface area contributed by atoms with Crippen molar-refractivity contribution >= 4 is 11.8 Å². The normalized spacial score (nSPS) is 31.5. The summed E-state index contributed by atoms with van der Waals surface area (Å²) in [6, 6.07) is 0. The van der Waals surface area contributed by atoms with Gasteiger partial charge in [0.05, 0.1) is 17.9 Å². The number of esters is 1. The summed E-state index contributed by atoms with van der Waals surface area (Å²) in [5, 5.41) is 9.86. The number of aliphatic hydroxyl groups excluding tert-OH is 1. The second kappa shape index (κ2) is 6.61. The number of allylic oxidation sites excluding steroid dienone is 4. The second-order valence-corrected chi connectivity index (χ2v) is 6.57. The maximum absolute atomic E-state index is 12.3. The van der Waals surface area contributed by atoms with Crippen LogP contribution in [-0.2, 0) is 14.3 Å². The van der Waals surface area contributed by atoms with Crippen molar-refractivity contribution in [1.82, 2.24) is 0 Å². The van der Waals surface area contributed by atoms with Gasteiger partial charge in [-0.3, -0.25) is 9.59 Å². The van der Waals surface area contributed by atoms with Crippen LogP contribution in [0.25, 0.3) is 0 Å². The highest BCUT2D eigenvalue weighted by atomic mass is 16.6. The molecule has 0 amide bonds. The Morgan fingerprint density at radius 1 is 1.41 bits per heavy atom. The summed E-state index contributed by atoms with van der Waals surface area (Å²) in [6.07, 6.45) is 7.73. The Kier molecular flexibility index (Phi) is 5.01. The highest BCUT2D eigenvalue weighted by Crippen LogP contribution is 2.44. The molecule has 3 atom stereocenters. The van der Waals surface area contributed by atoms with Crippen molar-refractivity contribution in [2.45, 2.75) is 58.7 Å². The summed E-state index contributed by atoms with van der Waals surface area (Å²) >= 11 is 0. The summed E-state index contributed by atoms with van der Waals surface area (Å²) in [7, 11) is 0. The smallest absolute Gasteiger partial charge is 0.307 e. The van der Waals surface area contributed by atoms with Crippen molar-refractivity contribution in [2.24, 2.45) is 5.41 Å². The highest BCUT2D eigenvalue weighted by Gasteiger charge is 2.54. The van der Waals surface area contributed by atoms with Crippen LogP contribution in [0.3, 0.4) is 0 Å². The van der Waals surface area contributed by atoms with Crippen molar-refractivity contribution in [1.29, 1.82) is 0 Å². The maximum atomic E-state index is 12.3. The SMILES string of the molecule is CC(C)=CCCC(C)=C[C@H]1OC(=O)C[C@]12C[C@H](O)C=CC2=O. The van der Waals surface area contributed by atoms with Crippen LogP contribution < -0.4 is 0 Å². The predicted octanol–water partition coefficient (Wildman–Crippen LogP) is 2.87. The van der Waals surface area contributed by atoms with E-state index in [1.165, 1.54) is 17.7 Å². The van der Waals surface area contributed by atoms with Gasteiger partial charge in [-0.25, -0.2) is 0 Å². The van der Waals surface area contributed by atoms with Crippen LogP contribution in [-0.4, -0.2) is 29.1 Å². The van der Waals surface area contributed by atoms with Crippen molar-refractivity contribution in [3.05, 3.63) is 35.5 Å². The molecule has 1 aliphatic carbocycles. The number of carbonyl (C=O) groups is 2. The molecule has 0 saturated carbocycles. The van der Waals surface area contributed by atoms with E-state index < -0.39 is 17.6 Å². The first kappa shape index (κ1) is 16.7. The average Bonchev–Trinajstić information content (AvgIpc) is 2.70. The lowest BCUT2D eigenvalue weighted by Gasteiger charge is -2.32. The van der Waals surface area contributed by atoms with Gasteiger partial charge in [-0.2, -0.15) is 0 Å². The van der Waals surface area contributed by atoms with Gasteiger partial charge in [0.2, 0.25) is 0 Å². The molecule has 0 bridgehead atoms. The predicted molar refractivity (Wildman–Crippen MR) is 84.1 cm³/mol. The second-order valence-electron chi connectivity index (χ2n) is 6.57. The largest absolute Gasteiger partial charge is 0.457 e. The summed E-state index contributed by atoms with van der Waals surface area (Å²) in [4.78, 5) is 24.1. The number of ether oxygens (including phenoxy) is 1. The minimum absolute atomic E-state index is 0.0512. The molecule has 2 rings (SSSR count). The van der Waals surface area contributed by atoms with Crippen LogP contribution in [0.2, 0.25) is 0 Å². The minimum atomic E-state index is -0.928. The van der Waals surface area contributed by atoms with Crippen LogP contribution >= 0.6 is 0 Å². The molecule has 1 N–H and O–H groups in total. The molecule has 1 fully saturated rings. The third kappa shape index (κ3) is 3.55. The Hall–Kier alpha value is -1.68.